The summed E-state index contributed by atoms with van der Waals surface area (Å²) >= 11 is 0. The molecule has 0 saturated carbocycles. The van der Waals surface area contributed by atoms with Gasteiger partial charge in [0.05, 0.1) is 11.1 Å². The van der Waals surface area contributed by atoms with E-state index in [-0.39, 0.29) is 17.5 Å². The molecule has 1 N–H and O–H groups in total. The van der Waals surface area contributed by atoms with Gasteiger partial charge in [-0.15, -0.1) is 0 Å². The van der Waals surface area contributed by atoms with Crippen molar-refractivity contribution < 1.29 is 18.0 Å². The second kappa shape index (κ2) is 10.2. The Morgan fingerprint density at radius 2 is 1.48 bits per heavy atom. The third-order valence-corrected chi connectivity index (χ3v) is 6.22. The monoisotopic (exact) mass is 452 g/mol. The Kier molecular flexibility index (Phi) is 7.14. The van der Waals surface area contributed by atoms with Gasteiger partial charge in [0.2, 0.25) is 0 Å². The van der Waals surface area contributed by atoms with Gasteiger partial charge in [0.25, 0.3) is 5.91 Å². The second-order valence-corrected chi connectivity index (χ2v) is 8.47. The number of halogens is 3. The molecule has 33 heavy (non-hydrogen) atoms. The first kappa shape index (κ1) is 23.1. The van der Waals surface area contributed by atoms with Crippen LogP contribution in [0.15, 0.2) is 84.9 Å². The van der Waals surface area contributed by atoms with Crippen molar-refractivity contribution in [2.45, 2.75) is 31.0 Å². The second-order valence-electron chi connectivity index (χ2n) is 8.47. The molecular formula is C27H27F3N2O. The normalized spacial score (nSPS) is 16.8. The molecule has 1 heterocycles. The highest BCUT2D eigenvalue weighted by Crippen LogP contribution is 2.32. The van der Waals surface area contributed by atoms with Crippen molar-refractivity contribution in [1.29, 1.82) is 0 Å². The largest absolute Gasteiger partial charge is 0.417 e. The number of likely N-dealkylation sites (tertiary alicyclic amines) is 1. The predicted octanol–water partition coefficient (Wildman–Crippen LogP) is 5.73. The third-order valence-electron chi connectivity index (χ3n) is 6.22. The summed E-state index contributed by atoms with van der Waals surface area (Å²) in [5, 5.41) is 2.81. The fourth-order valence-electron chi connectivity index (χ4n) is 4.55. The Morgan fingerprint density at radius 3 is 2.09 bits per heavy atom. The highest BCUT2D eigenvalue weighted by atomic mass is 19.4. The molecule has 1 fully saturated rings. The van der Waals surface area contributed by atoms with Crippen LogP contribution in [0.3, 0.4) is 0 Å². The average Bonchev–Trinajstić information content (AvgIpc) is 3.27. The van der Waals surface area contributed by atoms with Crippen LogP contribution in [0.2, 0.25) is 0 Å². The van der Waals surface area contributed by atoms with E-state index in [4.69, 9.17) is 0 Å². The number of carbonyl (C=O) groups excluding carboxylic acids is 1. The number of nitrogens with zero attached hydrogens (tertiary/aromatic N) is 1. The van der Waals surface area contributed by atoms with Crippen LogP contribution in [0.25, 0.3) is 0 Å². The van der Waals surface area contributed by atoms with E-state index in [1.807, 2.05) is 36.4 Å². The summed E-state index contributed by atoms with van der Waals surface area (Å²) in [4.78, 5) is 14.9. The van der Waals surface area contributed by atoms with Crippen LogP contribution in [-0.2, 0) is 6.18 Å². The molecule has 1 aliphatic rings. The molecule has 0 bridgehead atoms. The van der Waals surface area contributed by atoms with Crippen molar-refractivity contribution in [3.8, 4) is 0 Å². The van der Waals surface area contributed by atoms with Crippen LogP contribution in [-0.4, -0.2) is 36.5 Å². The fourth-order valence-corrected chi connectivity index (χ4v) is 4.55. The molecule has 4 rings (SSSR count). The molecule has 0 aromatic heterocycles. The highest BCUT2D eigenvalue weighted by molar-refractivity contribution is 5.96. The molecule has 1 amide bonds. The van der Waals surface area contributed by atoms with E-state index in [1.165, 1.54) is 29.3 Å². The molecule has 3 aromatic rings. The van der Waals surface area contributed by atoms with Gasteiger partial charge in [-0.2, -0.15) is 13.2 Å². The minimum atomic E-state index is -4.56. The zero-order chi connectivity index (χ0) is 23.3. The minimum Gasteiger partial charge on any atom is -0.348 e. The molecular weight excluding hydrogens is 425 g/mol. The number of rotatable bonds is 7. The number of hydrogen-bond donors (Lipinski definition) is 1. The first-order valence-corrected chi connectivity index (χ1v) is 11.2. The lowest BCUT2D eigenvalue weighted by Crippen LogP contribution is -2.38. The zero-order valence-electron chi connectivity index (χ0n) is 18.3. The van der Waals surface area contributed by atoms with E-state index in [9.17, 15) is 18.0 Å². The molecule has 0 aliphatic carbocycles. The summed E-state index contributed by atoms with van der Waals surface area (Å²) in [5.74, 6) is -0.402. The minimum absolute atomic E-state index is 0.161. The summed E-state index contributed by atoms with van der Waals surface area (Å²) in [6.45, 7) is 2.29. The third kappa shape index (κ3) is 5.82. The molecule has 6 heteroatoms. The van der Waals surface area contributed by atoms with E-state index in [0.717, 1.165) is 32.0 Å². The van der Waals surface area contributed by atoms with Gasteiger partial charge >= 0.3 is 6.18 Å². The number of carbonyl (C=O) groups is 1. The number of benzene rings is 3. The van der Waals surface area contributed by atoms with E-state index in [2.05, 4.69) is 34.5 Å². The smallest absolute Gasteiger partial charge is 0.348 e. The Balaban J connectivity index is 1.37. The molecule has 3 aromatic carbocycles. The number of amides is 1. The van der Waals surface area contributed by atoms with Crippen LogP contribution in [0.1, 0.15) is 45.8 Å². The molecule has 0 radical (unpaired) electrons. The lowest BCUT2D eigenvalue weighted by Gasteiger charge is -2.22. The van der Waals surface area contributed by atoms with Crippen LogP contribution in [0, 0.1) is 0 Å². The summed E-state index contributed by atoms with van der Waals surface area (Å²) in [7, 11) is 0. The van der Waals surface area contributed by atoms with Gasteiger partial charge in [0.15, 0.2) is 0 Å². The van der Waals surface area contributed by atoms with Crippen molar-refractivity contribution in [2.24, 2.45) is 0 Å². The van der Waals surface area contributed by atoms with Crippen molar-refractivity contribution >= 4 is 5.91 Å². The highest BCUT2D eigenvalue weighted by Gasteiger charge is 2.35. The Bertz CT molecular complexity index is 1010. The summed E-state index contributed by atoms with van der Waals surface area (Å²) < 4.78 is 39.8. The first-order valence-electron chi connectivity index (χ1n) is 11.2. The molecule has 1 aliphatic heterocycles. The van der Waals surface area contributed by atoms with Gasteiger partial charge in [-0.3, -0.25) is 4.79 Å². The van der Waals surface area contributed by atoms with Gasteiger partial charge < -0.3 is 10.2 Å². The molecule has 0 spiro atoms. The fraction of sp³-hybridized carbons (Fsp3) is 0.296. The maximum atomic E-state index is 13.3. The molecule has 172 valence electrons. The average molecular weight is 453 g/mol. The van der Waals surface area contributed by atoms with Gasteiger partial charge in [0.1, 0.15) is 0 Å². The summed E-state index contributed by atoms with van der Waals surface area (Å²) in [5.41, 5.74) is 1.30. The summed E-state index contributed by atoms with van der Waals surface area (Å²) in [6, 6.07) is 25.5. The van der Waals surface area contributed by atoms with Crippen LogP contribution < -0.4 is 5.32 Å². The van der Waals surface area contributed by atoms with Crippen LogP contribution in [0.4, 0.5) is 13.2 Å². The van der Waals surface area contributed by atoms with Crippen molar-refractivity contribution in [2.75, 3.05) is 19.6 Å². The van der Waals surface area contributed by atoms with E-state index >= 15 is 0 Å². The maximum Gasteiger partial charge on any atom is 0.417 e. The van der Waals surface area contributed by atoms with E-state index in [1.54, 1.807) is 0 Å². The molecule has 1 saturated heterocycles. The predicted molar refractivity (Wildman–Crippen MR) is 123 cm³/mol. The lowest BCUT2D eigenvalue weighted by molar-refractivity contribution is -0.137. The van der Waals surface area contributed by atoms with Crippen molar-refractivity contribution in [1.82, 2.24) is 10.2 Å². The molecule has 1 atom stereocenters. The standard InChI is InChI=1S/C27H27F3N2O/c28-27(29,30)25-14-8-7-13-24(25)26(33)31-22-15-17-32(19-22)18-16-23(20-9-3-1-4-10-20)21-11-5-2-6-12-21/h1-14,22-23H,15-19H2,(H,31,33). The number of hydrogen-bond acceptors (Lipinski definition) is 2. The molecule has 3 nitrogen and oxygen atoms in total. The summed E-state index contributed by atoms with van der Waals surface area (Å²) in [6.07, 6.45) is -2.91. The van der Waals surface area contributed by atoms with Gasteiger partial charge in [-0.25, -0.2) is 0 Å². The van der Waals surface area contributed by atoms with E-state index in [0.29, 0.717) is 6.54 Å². The van der Waals surface area contributed by atoms with Crippen molar-refractivity contribution in [3.63, 3.8) is 0 Å². The Hall–Kier alpha value is -3.12. The van der Waals surface area contributed by atoms with Gasteiger partial charge in [0, 0.05) is 25.0 Å². The van der Waals surface area contributed by atoms with Crippen LogP contribution >= 0.6 is 0 Å². The van der Waals surface area contributed by atoms with Crippen molar-refractivity contribution in [3.05, 3.63) is 107 Å². The van der Waals surface area contributed by atoms with E-state index < -0.39 is 17.6 Å². The molecule has 1 unspecified atom stereocenters. The SMILES string of the molecule is O=C(NC1CCN(CCC(c2ccccc2)c2ccccc2)C1)c1ccccc1C(F)(F)F. The van der Waals surface area contributed by atoms with Gasteiger partial charge in [-0.1, -0.05) is 72.8 Å². The maximum absolute atomic E-state index is 13.3. The lowest BCUT2D eigenvalue weighted by atomic mass is 9.88. The quantitative estimate of drug-likeness (QED) is 0.496. The first-order chi connectivity index (χ1) is 15.9. The topological polar surface area (TPSA) is 32.3 Å². The number of nitrogens with one attached hydrogen (secondary N) is 1. The Morgan fingerprint density at radius 1 is 0.909 bits per heavy atom. The Labute approximate surface area is 192 Å². The zero-order valence-corrected chi connectivity index (χ0v) is 18.3. The number of alkyl halides is 3. The van der Waals surface area contributed by atoms with Crippen LogP contribution in [0.5, 0.6) is 0 Å². The van der Waals surface area contributed by atoms with Gasteiger partial charge in [-0.05, 0) is 42.6 Å².